The van der Waals surface area contributed by atoms with Crippen molar-refractivity contribution < 1.29 is 14.7 Å². The Hall–Kier alpha value is -2.21. The molecule has 2 atom stereocenters. The smallest absolute Gasteiger partial charge is 0.335 e. The Morgan fingerprint density at radius 3 is 2.73 bits per heavy atom. The van der Waals surface area contributed by atoms with Gasteiger partial charge in [0.05, 0.1) is 11.0 Å². The summed E-state index contributed by atoms with van der Waals surface area (Å²) in [7, 11) is 0. The topological polar surface area (TPSA) is 79.3 Å². The van der Waals surface area contributed by atoms with Crippen LogP contribution >= 0.6 is 11.3 Å². The lowest BCUT2D eigenvalue weighted by molar-refractivity contribution is -0.119. The summed E-state index contributed by atoms with van der Waals surface area (Å²) in [5.41, 5.74) is 0.430. The molecule has 1 heterocycles. The molecule has 136 valence electrons. The molecule has 0 aliphatic heterocycles. The molecule has 26 heavy (non-hydrogen) atoms. The minimum atomic E-state index is -0.961. The number of benzene rings is 1. The van der Waals surface area contributed by atoms with Crippen LogP contribution in [0.15, 0.2) is 35.8 Å². The fraction of sp³-hybridized carbons (Fsp3) is 0.450. The molecule has 1 aromatic carbocycles. The Bertz CT molecular complexity index is 814. The van der Waals surface area contributed by atoms with E-state index in [-0.39, 0.29) is 17.4 Å². The number of nitrogens with one attached hydrogen (secondary N) is 1. The van der Waals surface area contributed by atoms with Crippen LogP contribution in [0.2, 0.25) is 0 Å². The molecule has 0 bridgehead atoms. The van der Waals surface area contributed by atoms with Crippen LogP contribution in [0.3, 0.4) is 0 Å². The molecule has 2 fully saturated rings. The molecule has 5 nitrogen and oxygen atoms in total. The van der Waals surface area contributed by atoms with Gasteiger partial charge in [-0.1, -0.05) is 44.2 Å². The van der Waals surface area contributed by atoms with E-state index in [0.29, 0.717) is 11.0 Å². The normalized spacial score (nSPS) is 25.6. The van der Waals surface area contributed by atoms with Gasteiger partial charge in [-0.05, 0) is 36.0 Å². The lowest BCUT2D eigenvalue weighted by Crippen LogP contribution is -2.32. The van der Waals surface area contributed by atoms with E-state index in [1.807, 2.05) is 11.4 Å². The second kappa shape index (κ2) is 6.83. The van der Waals surface area contributed by atoms with Crippen LogP contribution in [-0.2, 0) is 10.2 Å². The fourth-order valence-electron chi connectivity index (χ4n) is 4.54. The predicted octanol–water partition coefficient (Wildman–Crippen LogP) is 4.32. The van der Waals surface area contributed by atoms with Gasteiger partial charge in [-0.15, -0.1) is 11.3 Å². The number of carbonyl (C=O) groups excluding carboxylic acids is 1. The first-order chi connectivity index (χ1) is 12.6. The third-order valence-corrected chi connectivity index (χ3v) is 6.60. The number of nitrogens with zero attached hydrogens (tertiary/aromatic N) is 1. The molecule has 1 aromatic heterocycles. The van der Waals surface area contributed by atoms with Crippen molar-refractivity contribution in [3.8, 4) is 0 Å². The molecule has 6 heteroatoms. The van der Waals surface area contributed by atoms with Gasteiger partial charge in [0.1, 0.15) is 0 Å². The number of hydrogen-bond donors (Lipinski definition) is 2. The van der Waals surface area contributed by atoms with Gasteiger partial charge in [-0.3, -0.25) is 4.79 Å². The lowest BCUT2D eigenvalue weighted by atomic mass is 9.80. The molecule has 2 aliphatic carbocycles. The van der Waals surface area contributed by atoms with E-state index in [9.17, 15) is 14.7 Å². The molecule has 4 rings (SSSR count). The number of aromatic nitrogens is 1. The summed E-state index contributed by atoms with van der Waals surface area (Å²) in [6.07, 6.45) is 8.50. The zero-order valence-electron chi connectivity index (χ0n) is 14.5. The maximum absolute atomic E-state index is 13.2. The summed E-state index contributed by atoms with van der Waals surface area (Å²) >= 11 is 1.40. The summed E-state index contributed by atoms with van der Waals surface area (Å²) in [5.74, 6) is -0.186. The summed E-state index contributed by atoms with van der Waals surface area (Å²) in [5, 5.41) is 14.7. The first-order valence-corrected chi connectivity index (χ1v) is 10.0. The van der Waals surface area contributed by atoms with Crippen molar-refractivity contribution in [2.75, 3.05) is 5.32 Å². The van der Waals surface area contributed by atoms with Crippen molar-refractivity contribution in [2.45, 2.75) is 43.9 Å². The van der Waals surface area contributed by atoms with Gasteiger partial charge in [0.25, 0.3) is 0 Å². The van der Waals surface area contributed by atoms with E-state index < -0.39 is 11.4 Å². The lowest BCUT2D eigenvalue weighted by Gasteiger charge is -2.25. The molecule has 0 radical (unpaired) electrons. The van der Waals surface area contributed by atoms with E-state index in [1.165, 1.54) is 30.6 Å². The van der Waals surface area contributed by atoms with Gasteiger partial charge in [-0.2, -0.15) is 0 Å². The molecule has 0 unspecified atom stereocenters. The van der Waals surface area contributed by atoms with E-state index in [4.69, 9.17) is 0 Å². The number of hydrogen-bond acceptors (Lipinski definition) is 4. The van der Waals surface area contributed by atoms with Crippen molar-refractivity contribution >= 4 is 28.3 Å². The third kappa shape index (κ3) is 3.03. The minimum absolute atomic E-state index is 0.0504. The minimum Gasteiger partial charge on any atom is -0.478 e. The van der Waals surface area contributed by atoms with Crippen molar-refractivity contribution in [3.05, 3.63) is 47.0 Å². The van der Waals surface area contributed by atoms with E-state index >= 15 is 0 Å². The summed E-state index contributed by atoms with van der Waals surface area (Å²) in [6, 6.07) is 6.90. The maximum atomic E-state index is 13.2. The monoisotopic (exact) mass is 370 g/mol. The molecule has 0 saturated heterocycles. The first-order valence-electron chi connectivity index (χ1n) is 9.16. The standard InChI is InChI=1S/C20H22N2O3S/c23-17(24)14-7-4-8-15(11-14)20(18(25)22-19-21-9-10-26-19)12-16(20)13-5-2-1-3-6-13/h4,7-11,13,16H,1-3,5-6,12H2,(H,23,24)(H,21,22,25)/t16-,20-/m0/s1. The van der Waals surface area contributed by atoms with Gasteiger partial charge in [0.15, 0.2) is 5.13 Å². The zero-order chi connectivity index (χ0) is 18.1. The number of thiazole rings is 1. The Balaban J connectivity index is 1.67. The molecular weight excluding hydrogens is 348 g/mol. The highest BCUT2D eigenvalue weighted by atomic mass is 32.1. The number of rotatable bonds is 5. The third-order valence-electron chi connectivity index (χ3n) is 5.92. The highest BCUT2D eigenvalue weighted by Gasteiger charge is 2.63. The maximum Gasteiger partial charge on any atom is 0.335 e. The van der Waals surface area contributed by atoms with Crippen LogP contribution in [0.1, 0.15) is 54.4 Å². The summed E-state index contributed by atoms with van der Waals surface area (Å²) < 4.78 is 0. The quantitative estimate of drug-likeness (QED) is 0.821. The van der Waals surface area contributed by atoms with Crippen LogP contribution < -0.4 is 5.32 Å². The zero-order valence-corrected chi connectivity index (χ0v) is 15.3. The van der Waals surface area contributed by atoms with Crippen LogP contribution in [0.25, 0.3) is 0 Å². The summed E-state index contributed by atoms with van der Waals surface area (Å²) in [4.78, 5) is 28.8. The largest absolute Gasteiger partial charge is 0.478 e. The van der Waals surface area contributed by atoms with Gasteiger partial charge < -0.3 is 10.4 Å². The number of carboxylic acids is 1. The Morgan fingerprint density at radius 2 is 2.04 bits per heavy atom. The SMILES string of the molecule is O=C(O)c1cccc([C@@]2(C(=O)Nc3nccs3)C[C@H]2C2CCCCC2)c1. The van der Waals surface area contributed by atoms with Crippen LogP contribution in [0.5, 0.6) is 0 Å². The van der Waals surface area contributed by atoms with Crippen molar-refractivity contribution in [3.63, 3.8) is 0 Å². The van der Waals surface area contributed by atoms with Crippen LogP contribution in [0.4, 0.5) is 5.13 Å². The number of anilines is 1. The Labute approximate surface area is 156 Å². The number of carbonyl (C=O) groups is 2. The van der Waals surface area contributed by atoms with Gasteiger partial charge in [0, 0.05) is 11.6 Å². The highest BCUT2D eigenvalue weighted by molar-refractivity contribution is 7.13. The average molecular weight is 370 g/mol. The second-order valence-electron chi connectivity index (χ2n) is 7.36. The Morgan fingerprint density at radius 1 is 1.23 bits per heavy atom. The first kappa shape index (κ1) is 17.2. The molecule has 2 aliphatic rings. The molecular formula is C20H22N2O3S. The molecule has 0 spiro atoms. The molecule has 1 amide bonds. The number of amides is 1. The van der Waals surface area contributed by atoms with E-state index in [0.717, 1.165) is 24.8 Å². The van der Waals surface area contributed by atoms with Crippen LogP contribution in [0, 0.1) is 11.8 Å². The number of carboxylic acid groups (broad SMARTS) is 1. The van der Waals surface area contributed by atoms with Gasteiger partial charge >= 0.3 is 5.97 Å². The van der Waals surface area contributed by atoms with Gasteiger partial charge in [-0.25, -0.2) is 9.78 Å². The Kier molecular flexibility index (Phi) is 4.53. The van der Waals surface area contributed by atoms with E-state index in [2.05, 4.69) is 10.3 Å². The number of aromatic carboxylic acids is 1. The van der Waals surface area contributed by atoms with E-state index in [1.54, 1.807) is 24.4 Å². The molecule has 2 N–H and O–H groups in total. The predicted molar refractivity (Wildman–Crippen MR) is 101 cm³/mol. The van der Waals surface area contributed by atoms with Crippen LogP contribution in [-0.4, -0.2) is 22.0 Å². The highest BCUT2D eigenvalue weighted by Crippen LogP contribution is 2.61. The van der Waals surface area contributed by atoms with Gasteiger partial charge in [0.2, 0.25) is 5.91 Å². The fourth-order valence-corrected chi connectivity index (χ4v) is 5.07. The summed E-state index contributed by atoms with van der Waals surface area (Å²) in [6.45, 7) is 0. The van der Waals surface area contributed by atoms with Crippen molar-refractivity contribution in [1.82, 2.24) is 4.98 Å². The molecule has 2 aromatic rings. The van der Waals surface area contributed by atoms with Crippen molar-refractivity contribution in [1.29, 1.82) is 0 Å². The second-order valence-corrected chi connectivity index (χ2v) is 8.25. The van der Waals surface area contributed by atoms with Crippen molar-refractivity contribution in [2.24, 2.45) is 11.8 Å². The molecule has 2 saturated carbocycles. The average Bonchev–Trinajstić information content (AvgIpc) is 3.24.